The maximum atomic E-state index is 11.5. The van der Waals surface area contributed by atoms with Gasteiger partial charge in [0.2, 0.25) is 0 Å². The van der Waals surface area contributed by atoms with Gasteiger partial charge in [-0.05, 0) is 19.8 Å². The Morgan fingerprint density at radius 1 is 1.60 bits per heavy atom. The molecule has 2 atom stereocenters. The molecule has 0 aliphatic carbocycles. The summed E-state index contributed by atoms with van der Waals surface area (Å²) in [6.07, 6.45) is 0. The van der Waals surface area contributed by atoms with Gasteiger partial charge in [-0.1, -0.05) is 13.8 Å². The second-order valence-corrected chi connectivity index (χ2v) is 5.16. The second-order valence-electron chi connectivity index (χ2n) is 5.16. The van der Waals surface area contributed by atoms with Crippen LogP contribution in [0.2, 0.25) is 0 Å². The van der Waals surface area contributed by atoms with Crippen LogP contribution in [-0.2, 0) is 9.53 Å². The van der Waals surface area contributed by atoms with E-state index < -0.39 is 0 Å². The van der Waals surface area contributed by atoms with Crippen molar-refractivity contribution in [2.45, 2.75) is 39.3 Å². The molecule has 1 aliphatic heterocycles. The Balaban J connectivity index is 2.34. The molecule has 0 spiro atoms. The Labute approximate surface area is 91.2 Å². The van der Waals surface area contributed by atoms with Gasteiger partial charge in [-0.2, -0.15) is 0 Å². The molecule has 1 rings (SSSR count). The molecule has 0 aromatic carbocycles. The molecule has 1 aliphatic rings. The van der Waals surface area contributed by atoms with E-state index in [1.54, 1.807) is 0 Å². The van der Waals surface area contributed by atoms with Crippen LogP contribution in [0, 0.1) is 5.92 Å². The van der Waals surface area contributed by atoms with E-state index in [2.05, 4.69) is 0 Å². The molecule has 4 heteroatoms. The van der Waals surface area contributed by atoms with Crippen molar-refractivity contribution in [1.82, 2.24) is 4.90 Å². The van der Waals surface area contributed by atoms with E-state index in [0.717, 1.165) is 0 Å². The Hall–Kier alpha value is -0.610. The third kappa shape index (κ3) is 3.18. The molecule has 1 fully saturated rings. The van der Waals surface area contributed by atoms with Gasteiger partial charge >= 0.3 is 5.97 Å². The zero-order valence-electron chi connectivity index (χ0n) is 9.99. The lowest BCUT2D eigenvalue weighted by molar-refractivity contribution is -0.145. The fourth-order valence-corrected chi connectivity index (χ4v) is 1.45. The lowest BCUT2D eigenvalue weighted by Crippen LogP contribution is -2.37. The first-order chi connectivity index (χ1) is 6.88. The average molecular weight is 215 g/mol. The molecule has 88 valence electrons. The van der Waals surface area contributed by atoms with E-state index in [1.165, 1.54) is 0 Å². The molecule has 1 heterocycles. The average Bonchev–Trinajstić information content (AvgIpc) is 2.94. The molecule has 4 nitrogen and oxygen atoms in total. The SMILES string of the molecule is CC(C)COC(=O)[C@@H]1CN1C(C)(C)CO. The van der Waals surface area contributed by atoms with Gasteiger partial charge in [0.25, 0.3) is 0 Å². The monoisotopic (exact) mass is 215 g/mol. The summed E-state index contributed by atoms with van der Waals surface area (Å²) in [6, 6.07) is -0.147. The highest BCUT2D eigenvalue weighted by atomic mass is 16.5. The highest BCUT2D eigenvalue weighted by Crippen LogP contribution is 2.29. The minimum absolute atomic E-state index is 0.0565. The standard InChI is InChI=1S/C11H21NO3/c1-8(2)6-15-10(14)9-5-12(9)11(3,4)7-13/h8-9,13H,5-7H2,1-4H3/t9-,12?/m0/s1. The van der Waals surface area contributed by atoms with Gasteiger partial charge in [-0.3, -0.25) is 9.69 Å². The molecule has 0 radical (unpaired) electrons. The quantitative estimate of drug-likeness (QED) is 0.540. The normalized spacial score (nSPS) is 25.5. The predicted molar refractivity (Wildman–Crippen MR) is 57.5 cm³/mol. The zero-order chi connectivity index (χ0) is 11.6. The molecule has 0 saturated carbocycles. The summed E-state index contributed by atoms with van der Waals surface area (Å²) in [5.41, 5.74) is -0.318. The van der Waals surface area contributed by atoms with E-state index in [4.69, 9.17) is 9.84 Å². The van der Waals surface area contributed by atoms with E-state index in [0.29, 0.717) is 19.1 Å². The number of hydrogen-bond donors (Lipinski definition) is 1. The summed E-state index contributed by atoms with van der Waals surface area (Å²) in [4.78, 5) is 13.5. The van der Waals surface area contributed by atoms with Crippen LogP contribution >= 0.6 is 0 Å². The van der Waals surface area contributed by atoms with E-state index in [-0.39, 0.29) is 24.2 Å². The lowest BCUT2D eigenvalue weighted by atomic mass is 10.1. The van der Waals surface area contributed by atoms with Gasteiger partial charge < -0.3 is 9.84 Å². The van der Waals surface area contributed by atoms with Gasteiger partial charge in [-0.15, -0.1) is 0 Å². The van der Waals surface area contributed by atoms with Crippen molar-refractivity contribution in [3.8, 4) is 0 Å². The van der Waals surface area contributed by atoms with E-state index in [9.17, 15) is 4.79 Å². The van der Waals surface area contributed by atoms with Crippen molar-refractivity contribution in [3.63, 3.8) is 0 Å². The number of ether oxygens (including phenoxy) is 1. The number of rotatable bonds is 5. The minimum Gasteiger partial charge on any atom is -0.464 e. The van der Waals surface area contributed by atoms with Crippen molar-refractivity contribution in [2.75, 3.05) is 19.8 Å². The molecule has 0 bridgehead atoms. The van der Waals surface area contributed by atoms with Crippen LogP contribution in [0.5, 0.6) is 0 Å². The summed E-state index contributed by atoms with van der Waals surface area (Å²) in [5.74, 6) is 0.206. The van der Waals surface area contributed by atoms with Crippen LogP contribution in [0.4, 0.5) is 0 Å². The highest BCUT2D eigenvalue weighted by molar-refractivity contribution is 5.79. The van der Waals surface area contributed by atoms with Crippen molar-refractivity contribution < 1.29 is 14.6 Å². The maximum absolute atomic E-state index is 11.5. The fourth-order valence-electron chi connectivity index (χ4n) is 1.45. The number of carbonyl (C=O) groups is 1. The summed E-state index contributed by atoms with van der Waals surface area (Å²) in [5, 5.41) is 9.13. The van der Waals surface area contributed by atoms with Crippen LogP contribution < -0.4 is 0 Å². The Morgan fingerprint density at radius 3 is 2.67 bits per heavy atom. The molecular formula is C11H21NO3. The zero-order valence-corrected chi connectivity index (χ0v) is 9.99. The van der Waals surface area contributed by atoms with Gasteiger partial charge in [-0.25, -0.2) is 0 Å². The Morgan fingerprint density at radius 2 is 2.20 bits per heavy atom. The summed E-state index contributed by atoms with van der Waals surface area (Å²) < 4.78 is 5.14. The third-order valence-electron chi connectivity index (χ3n) is 2.61. The van der Waals surface area contributed by atoms with Gasteiger partial charge in [0.1, 0.15) is 6.04 Å². The third-order valence-corrected chi connectivity index (χ3v) is 2.61. The largest absolute Gasteiger partial charge is 0.464 e. The fraction of sp³-hybridized carbons (Fsp3) is 0.909. The number of hydrogen-bond acceptors (Lipinski definition) is 4. The minimum atomic E-state index is -0.318. The topological polar surface area (TPSA) is 49.5 Å². The number of esters is 1. The van der Waals surface area contributed by atoms with Crippen LogP contribution in [0.1, 0.15) is 27.7 Å². The first-order valence-corrected chi connectivity index (χ1v) is 5.42. The number of nitrogens with zero attached hydrogens (tertiary/aromatic N) is 1. The smallest absolute Gasteiger partial charge is 0.324 e. The van der Waals surface area contributed by atoms with Crippen LogP contribution in [-0.4, -0.2) is 47.3 Å². The summed E-state index contributed by atoms with van der Waals surface area (Å²) in [7, 11) is 0. The highest BCUT2D eigenvalue weighted by Gasteiger charge is 2.49. The maximum Gasteiger partial charge on any atom is 0.324 e. The van der Waals surface area contributed by atoms with Crippen molar-refractivity contribution in [3.05, 3.63) is 0 Å². The molecule has 0 aromatic heterocycles. The second kappa shape index (κ2) is 4.49. The molecule has 1 saturated heterocycles. The molecular weight excluding hydrogens is 194 g/mol. The molecule has 0 aromatic rings. The molecule has 1 N–H and O–H groups in total. The van der Waals surface area contributed by atoms with E-state index in [1.807, 2.05) is 32.6 Å². The number of aliphatic hydroxyl groups is 1. The first-order valence-electron chi connectivity index (χ1n) is 5.42. The van der Waals surface area contributed by atoms with Gasteiger partial charge in [0.05, 0.1) is 13.2 Å². The van der Waals surface area contributed by atoms with Crippen molar-refractivity contribution in [1.29, 1.82) is 0 Å². The number of aliphatic hydroxyl groups excluding tert-OH is 1. The molecule has 1 unspecified atom stereocenters. The van der Waals surface area contributed by atoms with Gasteiger partial charge in [0, 0.05) is 12.1 Å². The lowest BCUT2D eigenvalue weighted by Gasteiger charge is -2.24. The molecule has 0 amide bonds. The molecule has 15 heavy (non-hydrogen) atoms. The van der Waals surface area contributed by atoms with Crippen LogP contribution in [0.15, 0.2) is 0 Å². The Bertz CT molecular complexity index is 238. The summed E-state index contributed by atoms with van der Waals surface area (Å²) in [6.45, 7) is 9.09. The van der Waals surface area contributed by atoms with E-state index >= 15 is 0 Å². The van der Waals surface area contributed by atoms with Crippen LogP contribution in [0.3, 0.4) is 0 Å². The van der Waals surface area contributed by atoms with Crippen molar-refractivity contribution in [2.24, 2.45) is 5.92 Å². The van der Waals surface area contributed by atoms with Crippen LogP contribution in [0.25, 0.3) is 0 Å². The predicted octanol–water partition coefficient (Wildman–Crippen LogP) is 0.641. The summed E-state index contributed by atoms with van der Waals surface area (Å²) >= 11 is 0. The van der Waals surface area contributed by atoms with Gasteiger partial charge in [0.15, 0.2) is 0 Å². The number of carbonyl (C=O) groups excluding carboxylic acids is 1. The van der Waals surface area contributed by atoms with Crippen molar-refractivity contribution >= 4 is 5.97 Å². The Kier molecular flexibility index (Phi) is 3.73. The first kappa shape index (κ1) is 12.5.